The number of benzene rings is 2. The van der Waals surface area contributed by atoms with Crippen LogP contribution >= 0.6 is 12.4 Å². The van der Waals surface area contributed by atoms with Crippen molar-refractivity contribution < 1.29 is 13.2 Å². The Kier molecular flexibility index (Phi) is 7.86. The highest BCUT2D eigenvalue weighted by Crippen LogP contribution is 2.31. The van der Waals surface area contributed by atoms with Gasteiger partial charge in [-0.1, -0.05) is 31.2 Å². The topological polar surface area (TPSA) is 72.3 Å². The summed E-state index contributed by atoms with van der Waals surface area (Å²) in [6, 6.07) is 11.4. The number of nitrogens with zero attached hydrogens (tertiary/aromatic N) is 3. The van der Waals surface area contributed by atoms with Crippen molar-refractivity contribution in [2.75, 3.05) is 18.8 Å². The Morgan fingerprint density at radius 1 is 1.03 bits per heavy atom. The number of sulfone groups is 1. The van der Waals surface area contributed by atoms with Gasteiger partial charge in [0.2, 0.25) is 5.91 Å². The molecule has 0 radical (unpaired) electrons. The number of imidazole rings is 1. The summed E-state index contributed by atoms with van der Waals surface area (Å²) in [7, 11) is -3.52. The Morgan fingerprint density at radius 2 is 1.77 bits per heavy atom. The van der Waals surface area contributed by atoms with Gasteiger partial charge in [0, 0.05) is 50.3 Å². The average molecular weight is 516 g/mol. The van der Waals surface area contributed by atoms with Gasteiger partial charge in [0.15, 0.2) is 9.84 Å². The van der Waals surface area contributed by atoms with Crippen molar-refractivity contribution >= 4 is 38.9 Å². The molecule has 0 saturated carbocycles. The first kappa shape index (κ1) is 25.7. The number of carbonyl (C=O) groups excluding carboxylic acids is 1. The first-order valence-corrected chi connectivity index (χ1v) is 14.2. The molecule has 0 aliphatic carbocycles. The van der Waals surface area contributed by atoms with E-state index in [0.29, 0.717) is 23.9 Å². The standard InChI is InChI=1S/C27H33N3O3S.ClH/c1-2-20-6-7-23-18-24(9-8-22(23)17-20)34(32,33)16-12-27(31)29-14-10-21(11-15-29)25-19-28-26-5-3-4-13-30(25)26;/h6-9,17-19,21H,2-5,10-16H2,1H3;1H. The van der Waals surface area contributed by atoms with Gasteiger partial charge in [-0.15, -0.1) is 12.4 Å². The lowest BCUT2D eigenvalue weighted by Crippen LogP contribution is -2.39. The number of likely N-dealkylation sites (tertiary alicyclic amines) is 1. The van der Waals surface area contributed by atoms with E-state index in [4.69, 9.17) is 0 Å². The molecule has 3 heterocycles. The van der Waals surface area contributed by atoms with Crippen LogP contribution in [0.25, 0.3) is 10.8 Å². The van der Waals surface area contributed by atoms with E-state index >= 15 is 0 Å². The molecule has 1 amide bonds. The molecule has 0 N–H and O–H groups in total. The summed E-state index contributed by atoms with van der Waals surface area (Å²) in [5, 5.41) is 1.95. The molecule has 1 fully saturated rings. The highest BCUT2D eigenvalue weighted by Gasteiger charge is 2.28. The number of fused-ring (bicyclic) bond motifs is 2. The van der Waals surface area contributed by atoms with Gasteiger partial charge in [0.1, 0.15) is 5.82 Å². The van der Waals surface area contributed by atoms with Crippen LogP contribution in [0.3, 0.4) is 0 Å². The number of hydrogen-bond donors (Lipinski definition) is 0. The Hall–Kier alpha value is -2.38. The van der Waals surface area contributed by atoms with E-state index < -0.39 is 9.84 Å². The molecule has 6 nitrogen and oxygen atoms in total. The molecular weight excluding hydrogens is 482 g/mol. The van der Waals surface area contributed by atoms with Crippen LogP contribution in [-0.4, -0.2) is 47.6 Å². The van der Waals surface area contributed by atoms with Crippen molar-refractivity contribution in [3.05, 3.63) is 59.7 Å². The van der Waals surface area contributed by atoms with Gasteiger partial charge in [-0.2, -0.15) is 0 Å². The highest BCUT2D eigenvalue weighted by atomic mass is 35.5. The molecule has 5 rings (SSSR count). The minimum Gasteiger partial charge on any atom is -0.343 e. The number of piperidine rings is 1. The lowest BCUT2D eigenvalue weighted by molar-refractivity contribution is -0.131. The molecule has 8 heteroatoms. The van der Waals surface area contributed by atoms with E-state index in [9.17, 15) is 13.2 Å². The van der Waals surface area contributed by atoms with Crippen LogP contribution in [0.5, 0.6) is 0 Å². The molecule has 35 heavy (non-hydrogen) atoms. The van der Waals surface area contributed by atoms with Crippen molar-refractivity contribution in [1.82, 2.24) is 14.5 Å². The highest BCUT2D eigenvalue weighted by molar-refractivity contribution is 7.91. The molecule has 0 unspecified atom stereocenters. The monoisotopic (exact) mass is 515 g/mol. The van der Waals surface area contributed by atoms with Crippen molar-refractivity contribution in [2.24, 2.45) is 0 Å². The molecule has 2 aliphatic heterocycles. The molecule has 3 aromatic rings. The third-order valence-corrected chi connectivity index (χ3v) is 9.21. The number of aromatic nitrogens is 2. The predicted molar refractivity (Wildman–Crippen MR) is 141 cm³/mol. The molecule has 0 atom stereocenters. The third kappa shape index (κ3) is 5.41. The first-order chi connectivity index (χ1) is 16.4. The Labute approximate surface area is 214 Å². The maximum absolute atomic E-state index is 12.9. The molecule has 0 bridgehead atoms. The van der Waals surface area contributed by atoms with E-state index in [-0.39, 0.29) is 30.5 Å². The van der Waals surface area contributed by atoms with Crippen LogP contribution in [0.4, 0.5) is 0 Å². The second kappa shape index (κ2) is 10.7. The van der Waals surface area contributed by atoms with E-state index in [1.807, 2.05) is 29.3 Å². The minimum absolute atomic E-state index is 0. The van der Waals surface area contributed by atoms with Crippen LogP contribution in [0, 0.1) is 0 Å². The minimum atomic E-state index is -3.52. The van der Waals surface area contributed by atoms with Crippen molar-refractivity contribution in [1.29, 1.82) is 0 Å². The fourth-order valence-electron chi connectivity index (χ4n) is 5.37. The summed E-state index contributed by atoms with van der Waals surface area (Å²) >= 11 is 0. The van der Waals surface area contributed by atoms with E-state index in [1.54, 1.807) is 12.1 Å². The molecule has 2 aromatic carbocycles. The molecule has 1 aromatic heterocycles. The maximum Gasteiger partial charge on any atom is 0.223 e. The van der Waals surface area contributed by atoms with E-state index in [1.165, 1.54) is 29.9 Å². The van der Waals surface area contributed by atoms with E-state index in [2.05, 4.69) is 22.5 Å². The quantitative estimate of drug-likeness (QED) is 0.466. The number of amides is 1. The smallest absolute Gasteiger partial charge is 0.223 e. The molecule has 0 spiro atoms. The fourth-order valence-corrected chi connectivity index (χ4v) is 6.64. The molecular formula is C27H34ClN3O3S. The summed E-state index contributed by atoms with van der Waals surface area (Å²) < 4.78 is 28.3. The molecule has 1 saturated heterocycles. The van der Waals surface area contributed by atoms with Gasteiger partial charge in [0.05, 0.1) is 10.6 Å². The largest absolute Gasteiger partial charge is 0.343 e. The van der Waals surface area contributed by atoms with Crippen LogP contribution in [0.2, 0.25) is 0 Å². The van der Waals surface area contributed by atoms with Crippen LogP contribution in [0.1, 0.15) is 62.0 Å². The van der Waals surface area contributed by atoms with Gasteiger partial charge in [-0.25, -0.2) is 13.4 Å². The van der Waals surface area contributed by atoms with Gasteiger partial charge < -0.3 is 9.47 Å². The first-order valence-electron chi connectivity index (χ1n) is 12.5. The lowest BCUT2D eigenvalue weighted by Gasteiger charge is -2.33. The summed E-state index contributed by atoms with van der Waals surface area (Å²) in [4.78, 5) is 19.6. The van der Waals surface area contributed by atoms with Gasteiger partial charge >= 0.3 is 0 Å². The summed E-state index contributed by atoms with van der Waals surface area (Å²) in [5.74, 6) is 1.41. The number of carbonyl (C=O) groups is 1. The van der Waals surface area contributed by atoms with Crippen molar-refractivity contribution in [3.8, 4) is 0 Å². The Balaban J connectivity index is 0.00000289. The summed E-state index contributed by atoms with van der Waals surface area (Å²) in [6.07, 6.45) is 8.30. The molecule has 188 valence electrons. The molecule has 2 aliphatic rings. The van der Waals surface area contributed by atoms with Crippen molar-refractivity contribution in [3.63, 3.8) is 0 Å². The van der Waals surface area contributed by atoms with Gasteiger partial charge in [0.25, 0.3) is 0 Å². The predicted octanol–water partition coefficient (Wildman–Crippen LogP) is 4.93. The number of rotatable bonds is 6. The van der Waals surface area contributed by atoms with E-state index in [0.717, 1.165) is 43.0 Å². The van der Waals surface area contributed by atoms with Gasteiger partial charge in [-0.3, -0.25) is 4.79 Å². The maximum atomic E-state index is 12.9. The Bertz CT molecular complexity index is 1310. The summed E-state index contributed by atoms with van der Waals surface area (Å²) in [5.41, 5.74) is 2.54. The SMILES string of the molecule is CCc1ccc2cc(S(=O)(=O)CCC(=O)N3CCC(c4cnc5n4CCCC5)CC3)ccc2c1.Cl. The van der Waals surface area contributed by atoms with Crippen LogP contribution in [0.15, 0.2) is 47.5 Å². The van der Waals surface area contributed by atoms with Crippen molar-refractivity contribution in [2.45, 2.75) is 69.2 Å². The second-order valence-electron chi connectivity index (χ2n) is 9.63. The lowest BCUT2D eigenvalue weighted by atomic mass is 9.93. The number of hydrogen-bond acceptors (Lipinski definition) is 4. The summed E-state index contributed by atoms with van der Waals surface area (Å²) in [6.45, 7) is 4.51. The second-order valence-corrected chi connectivity index (χ2v) is 11.7. The average Bonchev–Trinajstić information content (AvgIpc) is 3.31. The zero-order valence-electron chi connectivity index (χ0n) is 20.3. The Morgan fingerprint density at radius 3 is 2.54 bits per heavy atom. The van der Waals surface area contributed by atoms with Gasteiger partial charge in [-0.05, 0) is 60.6 Å². The third-order valence-electron chi connectivity index (χ3n) is 7.50. The number of halogens is 1. The van der Waals surface area contributed by atoms with Crippen LogP contribution in [-0.2, 0) is 34.0 Å². The zero-order valence-corrected chi connectivity index (χ0v) is 21.9. The fraction of sp³-hybridized carbons (Fsp3) is 0.481. The zero-order chi connectivity index (χ0) is 23.7. The van der Waals surface area contributed by atoms with Crippen LogP contribution < -0.4 is 0 Å². The normalized spacial score (nSPS) is 16.7. The number of aryl methyl sites for hydroxylation is 2.